The van der Waals surface area contributed by atoms with Crippen molar-refractivity contribution in [3.63, 3.8) is 0 Å². The van der Waals surface area contributed by atoms with E-state index < -0.39 is 0 Å². The maximum Gasteiger partial charge on any atom is 0.135 e. The molecule has 0 spiro atoms. The first kappa shape index (κ1) is 48.0. The maximum absolute atomic E-state index is 6.56. The summed E-state index contributed by atoms with van der Waals surface area (Å²) in [6, 6.07) is 106. The second kappa shape index (κ2) is 18.6. The molecule has 17 aromatic rings. The molecular formula is C80H48N4O2S. The lowest BCUT2D eigenvalue weighted by atomic mass is 9.84. The van der Waals surface area contributed by atoms with Crippen LogP contribution >= 0.6 is 11.3 Å². The third-order valence-electron chi connectivity index (χ3n) is 18.0. The minimum absolute atomic E-state index is 0.859. The monoisotopic (exact) mass is 1130 g/mol. The first-order valence-corrected chi connectivity index (χ1v) is 30.4. The average molecular weight is 1130 g/mol. The van der Waals surface area contributed by atoms with Crippen LogP contribution in [0.4, 0.5) is 68.2 Å². The zero-order valence-electron chi connectivity index (χ0n) is 46.7. The molecule has 2 aliphatic rings. The highest BCUT2D eigenvalue weighted by molar-refractivity contribution is 7.25. The van der Waals surface area contributed by atoms with Gasteiger partial charge in [0.25, 0.3) is 0 Å². The van der Waals surface area contributed by atoms with Crippen LogP contribution < -0.4 is 19.6 Å². The molecule has 6 nitrogen and oxygen atoms in total. The van der Waals surface area contributed by atoms with Crippen molar-refractivity contribution in [1.29, 1.82) is 0 Å². The summed E-state index contributed by atoms with van der Waals surface area (Å²) in [5.41, 5.74) is 21.1. The molecule has 0 bridgehead atoms. The summed E-state index contributed by atoms with van der Waals surface area (Å²) in [5, 5.41) is 11.4. The van der Waals surface area contributed by atoms with Crippen LogP contribution in [-0.4, -0.2) is 0 Å². The second-order valence-corrected chi connectivity index (χ2v) is 23.8. The fourth-order valence-corrected chi connectivity index (χ4v) is 15.4. The molecule has 0 N–H and O–H groups in total. The van der Waals surface area contributed by atoms with Gasteiger partial charge in [0.2, 0.25) is 0 Å². The van der Waals surface area contributed by atoms with Gasteiger partial charge in [0.1, 0.15) is 22.3 Å². The minimum atomic E-state index is 0.859. The van der Waals surface area contributed by atoms with Crippen molar-refractivity contribution in [1.82, 2.24) is 0 Å². The molecule has 0 saturated carbocycles. The first-order chi connectivity index (χ1) is 43.1. The number of fused-ring (bicyclic) bond motifs is 15. The van der Waals surface area contributed by atoms with E-state index in [9.17, 15) is 0 Å². The topological polar surface area (TPSA) is 39.2 Å². The van der Waals surface area contributed by atoms with Gasteiger partial charge in [-0.15, -0.1) is 11.3 Å². The van der Waals surface area contributed by atoms with E-state index in [1.807, 2.05) is 23.5 Å². The zero-order valence-corrected chi connectivity index (χ0v) is 47.5. The largest absolute Gasteiger partial charge is 0.456 e. The van der Waals surface area contributed by atoms with Gasteiger partial charge in [-0.05, 0) is 183 Å². The van der Waals surface area contributed by atoms with Crippen LogP contribution in [0.1, 0.15) is 0 Å². The van der Waals surface area contributed by atoms with Crippen LogP contribution in [0, 0.1) is 0 Å². The van der Waals surface area contributed by atoms with Gasteiger partial charge in [-0.25, -0.2) is 0 Å². The van der Waals surface area contributed by atoms with Gasteiger partial charge in [-0.1, -0.05) is 152 Å². The summed E-state index contributed by atoms with van der Waals surface area (Å²) in [6.45, 7) is 0. The van der Waals surface area contributed by atoms with E-state index in [-0.39, 0.29) is 0 Å². The van der Waals surface area contributed by atoms with E-state index >= 15 is 0 Å². The Kier molecular flexibility index (Phi) is 10.2. The van der Waals surface area contributed by atoms with Crippen molar-refractivity contribution in [3.8, 4) is 22.3 Å². The third kappa shape index (κ3) is 7.15. The molecule has 3 aromatic heterocycles. The van der Waals surface area contributed by atoms with E-state index in [1.54, 1.807) is 0 Å². The number of hydrogen-bond acceptors (Lipinski definition) is 7. The summed E-state index contributed by atoms with van der Waals surface area (Å²) in [5.74, 6) is 0. The Morgan fingerprint density at radius 1 is 0.207 bits per heavy atom. The van der Waals surface area contributed by atoms with Crippen LogP contribution in [-0.2, 0) is 0 Å². The molecular weight excluding hydrogens is 1080 g/mol. The summed E-state index contributed by atoms with van der Waals surface area (Å²) in [7, 11) is 0. The number of nitrogens with zero attached hydrogens (tertiary/aromatic N) is 4. The molecule has 0 fully saturated rings. The van der Waals surface area contributed by atoms with Gasteiger partial charge >= 0.3 is 0 Å². The van der Waals surface area contributed by atoms with Crippen molar-refractivity contribution >= 4 is 165 Å². The number of furan rings is 2. The van der Waals surface area contributed by atoms with E-state index in [4.69, 9.17) is 8.83 Å². The number of hydrogen-bond donors (Lipinski definition) is 0. The molecule has 7 heteroatoms. The Balaban J connectivity index is 0.920. The van der Waals surface area contributed by atoms with Crippen molar-refractivity contribution in [2.75, 3.05) is 19.6 Å². The van der Waals surface area contributed by atoms with E-state index in [0.29, 0.717) is 0 Å². The van der Waals surface area contributed by atoms with Crippen molar-refractivity contribution in [2.24, 2.45) is 0 Å². The van der Waals surface area contributed by atoms with Gasteiger partial charge in [0.15, 0.2) is 0 Å². The van der Waals surface area contributed by atoms with Gasteiger partial charge in [0, 0.05) is 64.5 Å². The fraction of sp³-hybridized carbons (Fsp3) is 0. The number of para-hydroxylation sites is 10. The summed E-state index contributed by atoms with van der Waals surface area (Å²) in [6.07, 6.45) is 0. The minimum Gasteiger partial charge on any atom is -0.456 e. The van der Waals surface area contributed by atoms with Gasteiger partial charge in [-0.3, -0.25) is 0 Å². The number of rotatable bonds is 6. The van der Waals surface area contributed by atoms with Crippen LogP contribution in [0.2, 0.25) is 0 Å². The molecule has 87 heavy (non-hydrogen) atoms. The normalized spacial score (nSPS) is 13.0. The predicted octanol–water partition coefficient (Wildman–Crippen LogP) is 24.0. The zero-order chi connectivity index (χ0) is 56.8. The Morgan fingerprint density at radius 2 is 0.586 bits per heavy atom. The number of thiophene rings is 1. The second-order valence-electron chi connectivity index (χ2n) is 22.7. The van der Waals surface area contributed by atoms with Crippen molar-refractivity contribution in [2.45, 2.75) is 0 Å². The van der Waals surface area contributed by atoms with E-state index in [0.717, 1.165) is 156 Å². The Labute approximate surface area is 504 Å². The van der Waals surface area contributed by atoms with E-state index in [2.05, 4.69) is 299 Å². The molecule has 14 aromatic carbocycles. The highest BCUT2D eigenvalue weighted by Gasteiger charge is 2.34. The fourth-order valence-electron chi connectivity index (χ4n) is 14.3. The molecule has 0 aliphatic carbocycles. The number of benzene rings is 14. The van der Waals surface area contributed by atoms with Crippen LogP contribution in [0.5, 0.6) is 0 Å². The summed E-state index contributed by atoms with van der Waals surface area (Å²) >= 11 is 1.86. The lowest BCUT2D eigenvalue weighted by molar-refractivity contribution is 0.668. The van der Waals surface area contributed by atoms with Crippen molar-refractivity contribution in [3.05, 3.63) is 291 Å². The Hall–Kier alpha value is -11.4. The van der Waals surface area contributed by atoms with Crippen molar-refractivity contribution < 1.29 is 8.83 Å². The van der Waals surface area contributed by atoms with Gasteiger partial charge < -0.3 is 28.4 Å². The lowest BCUT2D eigenvalue weighted by Gasteiger charge is -2.40. The standard InChI is InChI=1S/C80H48N4O2S/c1-3-19-51(20-4-1)81-65-26-10-13-29-68(65)83(69-30-14-11-27-66(69)81)53-37-39-58-63(45-53)79(49-35-41-75-60(43-49)55-23-7-16-32-73(55)85-75)59-40-38-54(46-64(59)80(58)50-36-42-76-61(44-50)56-24-8-17-33-74(56)86-76)84-70-31-15-12-28-67(70)82(52-21-5-2-6-22-52)71-47-62-57-25-9-18-34-77(57)87-78(62)48-72(71)84/h1-48H. The van der Waals surface area contributed by atoms with Crippen LogP contribution in [0.15, 0.2) is 300 Å². The quantitative estimate of drug-likeness (QED) is 0.155. The smallest absolute Gasteiger partial charge is 0.135 e. The van der Waals surface area contributed by atoms with Crippen LogP contribution in [0.25, 0.3) is 108 Å². The molecule has 2 aliphatic heterocycles. The molecule has 406 valence electrons. The van der Waals surface area contributed by atoms with E-state index in [1.165, 1.54) is 20.2 Å². The SMILES string of the molecule is c1ccc(N2c3ccccc3N(c3ccc4c(-c5ccc6oc7ccccc7c6c5)c5cc(N6c7ccccc7N(c7ccccc7)c7cc8c(cc76)sc6ccccc68)ccc5c(-c5ccc6oc7ccccc7c6c5)c4c3)c3ccccc32)cc1. The summed E-state index contributed by atoms with van der Waals surface area (Å²) in [4.78, 5) is 9.79. The molecule has 5 heterocycles. The highest BCUT2D eigenvalue weighted by atomic mass is 32.1. The van der Waals surface area contributed by atoms with Gasteiger partial charge in [0.05, 0.1) is 45.5 Å². The third-order valence-corrected chi connectivity index (χ3v) is 19.1. The molecule has 0 radical (unpaired) electrons. The highest BCUT2D eigenvalue weighted by Crippen LogP contribution is 2.59. The number of anilines is 12. The summed E-state index contributed by atoms with van der Waals surface area (Å²) < 4.78 is 15.6. The molecule has 0 atom stereocenters. The average Bonchev–Trinajstić information content (AvgIpc) is 1.91. The molecule has 0 unspecified atom stereocenters. The molecule has 0 amide bonds. The Bertz CT molecular complexity index is 5660. The lowest BCUT2D eigenvalue weighted by Crippen LogP contribution is -2.24. The van der Waals surface area contributed by atoms with Crippen LogP contribution in [0.3, 0.4) is 0 Å². The molecule has 0 saturated heterocycles. The Morgan fingerprint density at radius 3 is 1.08 bits per heavy atom. The maximum atomic E-state index is 6.56. The predicted molar refractivity (Wildman–Crippen MR) is 366 cm³/mol. The first-order valence-electron chi connectivity index (χ1n) is 29.6. The van der Waals surface area contributed by atoms with Gasteiger partial charge in [-0.2, -0.15) is 0 Å². The molecule has 19 rings (SSSR count).